The number of nitrogens with zero attached hydrogens (tertiary/aromatic N) is 3. The van der Waals surface area contributed by atoms with Crippen molar-refractivity contribution in [2.45, 2.75) is 36.2 Å². The van der Waals surface area contributed by atoms with Crippen LogP contribution in [0.2, 0.25) is 5.02 Å². The van der Waals surface area contributed by atoms with E-state index in [-0.39, 0.29) is 22.3 Å². The zero-order valence-corrected chi connectivity index (χ0v) is 18.9. The van der Waals surface area contributed by atoms with Gasteiger partial charge in [-0.25, -0.2) is 8.42 Å². The molecule has 0 fully saturated rings. The third kappa shape index (κ3) is 5.62. The maximum Gasteiger partial charge on any atom is 0.234 e. The summed E-state index contributed by atoms with van der Waals surface area (Å²) in [5, 5.41) is 12.0. The molecule has 0 atom stereocenters. The van der Waals surface area contributed by atoms with E-state index in [4.69, 9.17) is 11.6 Å². The summed E-state index contributed by atoms with van der Waals surface area (Å²) in [5.74, 6) is 0.000356. The zero-order chi connectivity index (χ0) is 21.7. The highest BCUT2D eigenvalue weighted by Crippen LogP contribution is 2.22. The molecule has 7 nitrogen and oxygen atoms in total. The molecule has 0 radical (unpaired) electrons. The maximum atomic E-state index is 12.7. The number of halogens is 1. The van der Waals surface area contributed by atoms with Gasteiger partial charge in [0.1, 0.15) is 11.6 Å². The molecule has 0 saturated heterocycles. The van der Waals surface area contributed by atoms with Gasteiger partial charge in [0.2, 0.25) is 5.91 Å². The zero-order valence-electron chi connectivity index (χ0n) is 16.5. The second-order valence-corrected chi connectivity index (χ2v) is 9.93. The van der Waals surface area contributed by atoms with Crippen LogP contribution in [0, 0.1) is 6.92 Å². The average molecular weight is 465 g/mol. The fourth-order valence-electron chi connectivity index (χ4n) is 2.71. The first-order valence-electron chi connectivity index (χ1n) is 9.18. The van der Waals surface area contributed by atoms with Gasteiger partial charge in [-0.05, 0) is 50.2 Å². The summed E-state index contributed by atoms with van der Waals surface area (Å²) in [6.07, 6.45) is 0. The van der Waals surface area contributed by atoms with Gasteiger partial charge in [-0.2, -0.15) is 0 Å². The Kier molecular flexibility index (Phi) is 7.17. The Labute approximate surface area is 184 Å². The normalized spacial score (nSPS) is 11.4. The van der Waals surface area contributed by atoms with Crippen LogP contribution in [0.25, 0.3) is 0 Å². The van der Waals surface area contributed by atoms with Crippen LogP contribution in [0.1, 0.15) is 18.3 Å². The van der Waals surface area contributed by atoms with Crippen LogP contribution < -0.4 is 5.32 Å². The molecule has 3 rings (SSSR count). The molecule has 1 aromatic heterocycles. The van der Waals surface area contributed by atoms with Crippen molar-refractivity contribution < 1.29 is 13.2 Å². The summed E-state index contributed by atoms with van der Waals surface area (Å²) in [4.78, 5) is 12.4. The smallest absolute Gasteiger partial charge is 0.234 e. The van der Waals surface area contributed by atoms with Gasteiger partial charge in [0.25, 0.3) is 0 Å². The van der Waals surface area contributed by atoms with Gasteiger partial charge >= 0.3 is 0 Å². The highest BCUT2D eigenvalue weighted by Gasteiger charge is 2.21. The highest BCUT2D eigenvalue weighted by atomic mass is 35.5. The summed E-state index contributed by atoms with van der Waals surface area (Å²) < 4.78 is 27.2. The molecule has 0 saturated carbocycles. The standard InChI is InChI=1S/C20H21ClN4O3S2/c1-3-25-18(13-30(27,28)17-10-4-14(2)5-11-17)23-24-20(25)29-12-19(26)22-16-8-6-15(21)7-9-16/h4-11H,3,12-13H2,1-2H3,(H,22,26). The van der Waals surface area contributed by atoms with Gasteiger partial charge in [0, 0.05) is 17.3 Å². The number of anilines is 1. The van der Waals surface area contributed by atoms with E-state index in [0.717, 1.165) is 5.56 Å². The lowest BCUT2D eigenvalue weighted by atomic mass is 10.2. The molecule has 0 aliphatic rings. The Morgan fingerprint density at radius 2 is 1.77 bits per heavy atom. The predicted octanol–water partition coefficient (Wildman–Crippen LogP) is 3.96. The first-order chi connectivity index (χ1) is 14.3. The second kappa shape index (κ2) is 9.63. The number of aromatic nitrogens is 3. The monoisotopic (exact) mass is 464 g/mol. The minimum absolute atomic E-state index is 0.117. The van der Waals surface area contributed by atoms with Crippen LogP contribution >= 0.6 is 23.4 Å². The number of rotatable bonds is 8. The molecule has 10 heteroatoms. The number of aryl methyl sites for hydroxylation is 1. The Balaban J connectivity index is 1.67. The van der Waals surface area contributed by atoms with Crippen molar-refractivity contribution in [3.63, 3.8) is 0 Å². The minimum atomic E-state index is -3.55. The third-order valence-electron chi connectivity index (χ3n) is 4.27. The van der Waals surface area contributed by atoms with Crippen molar-refractivity contribution in [2.24, 2.45) is 0 Å². The van der Waals surface area contributed by atoms with Gasteiger partial charge < -0.3 is 9.88 Å². The van der Waals surface area contributed by atoms with Crippen LogP contribution in [0.3, 0.4) is 0 Å². The van der Waals surface area contributed by atoms with Gasteiger partial charge in [0.05, 0.1) is 10.6 Å². The van der Waals surface area contributed by atoms with Gasteiger partial charge in [-0.3, -0.25) is 4.79 Å². The molecule has 0 spiro atoms. The highest BCUT2D eigenvalue weighted by molar-refractivity contribution is 7.99. The predicted molar refractivity (Wildman–Crippen MR) is 119 cm³/mol. The van der Waals surface area contributed by atoms with E-state index in [2.05, 4.69) is 15.5 Å². The Hall–Kier alpha value is -2.36. The molecule has 0 bridgehead atoms. The number of nitrogens with one attached hydrogen (secondary N) is 1. The average Bonchev–Trinajstić information content (AvgIpc) is 3.09. The Morgan fingerprint density at radius 1 is 1.10 bits per heavy atom. The lowest BCUT2D eigenvalue weighted by Gasteiger charge is -2.09. The minimum Gasteiger partial charge on any atom is -0.325 e. The van der Waals surface area contributed by atoms with Crippen molar-refractivity contribution in [3.8, 4) is 0 Å². The summed E-state index contributed by atoms with van der Waals surface area (Å²) in [6, 6.07) is 13.5. The van der Waals surface area contributed by atoms with Crippen LogP contribution in [0.4, 0.5) is 5.69 Å². The van der Waals surface area contributed by atoms with Crippen LogP contribution in [-0.2, 0) is 26.9 Å². The third-order valence-corrected chi connectivity index (χ3v) is 7.12. The Bertz CT molecular complexity index is 1130. The number of carbonyl (C=O) groups excluding carboxylic acids is 1. The van der Waals surface area contributed by atoms with Gasteiger partial charge in [-0.15, -0.1) is 10.2 Å². The van der Waals surface area contributed by atoms with Crippen LogP contribution in [0.15, 0.2) is 58.6 Å². The molecule has 0 unspecified atom stereocenters. The quantitative estimate of drug-likeness (QED) is 0.507. The number of benzene rings is 2. The summed E-state index contributed by atoms with van der Waals surface area (Å²) in [5.41, 5.74) is 1.63. The molecule has 3 aromatic rings. The van der Waals surface area contributed by atoms with Crippen LogP contribution in [-0.4, -0.2) is 34.8 Å². The van der Waals surface area contributed by atoms with E-state index in [1.54, 1.807) is 53.1 Å². The van der Waals surface area contributed by atoms with E-state index < -0.39 is 9.84 Å². The summed E-state index contributed by atoms with van der Waals surface area (Å²) in [6.45, 7) is 4.27. The van der Waals surface area contributed by atoms with Crippen molar-refractivity contribution in [3.05, 3.63) is 64.9 Å². The molecule has 158 valence electrons. The Morgan fingerprint density at radius 3 is 2.40 bits per heavy atom. The van der Waals surface area contributed by atoms with Crippen molar-refractivity contribution in [1.82, 2.24) is 14.8 Å². The molecular weight excluding hydrogens is 444 g/mol. The fourth-order valence-corrected chi connectivity index (χ4v) is 4.93. The van der Waals surface area contributed by atoms with E-state index in [1.165, 1.54) is 11.8 Å². The second-order valence-electron chi connectivity index (χ2n) is 6.56. The van der Waals surface area contributed by atoms with E-state index >= 15 is 0 Å². The first kappa shape index (κ1) is 22.3. The number of carbonyl (C=O) groups is 1. The van der Waals surface area contributed by atoms with Crippen molar-refractivity contribution in [1.29, 1.82) is 0 Å². The number of amides is 1. The van der Waals surface area contributed by atoms with Gasteiger partial charge in [0.15, 0.2) is 15.0 Å². The number of thioether (sulfide) groups is 1. The van der Waals surface area contributed by atoms with Crippen molar-refractivity contribution in [2.75, 3.05) is 11.1 Å². The first-order valence-corrected chi connectivity index (χ1v) is 12.2. The number of sulfone groups is 1. The molecule has 0 aliphatic carbocycles. The molecule has 1 amide bonds. The SMILES string of the molecule is CCn1c(CS(=O)(=O)c2ccc(C)cc2)nnc1SCC(=O)Nc1ccc(Cl)cc1. The van der Waals surface area contributed by atoms with Crippen LogP contribution in [0.5, 0.6) is 0 Å². The largest absolute Gasteiger partial charge is 0.325 e. The summed E-state index contributed by atoms with van der Waals surface area (Å²) in [7, 11) is -3.55. The molecule has 30 heavy (non-hydrogen) atoms. The van der Waals surface area contributed by atoms with E-state index in [0.29, 0.717) is 28.2 Å². The van der Waals surface area contributed by atoms with E-state index in [1.807, 2.05) is 13.8 Å². The number of hydrogen-bond donors (Lipinski definition) is 1. The molecule has 2 aromatic carbocycles. The van der Waals surface area contributed by atoms with Crippen molar-refractivity contribution >= 4 is 44.8 Å². The van der Waals surface area contributed by atoms with Gasteiger partial charge in [-0.1, -0.05) is 41.1 Å². The topological polar surface area (TPSA) is 93.9 Å². The molecule has 1 N–H and O–H groups in total. The number of hydrogen-bond acceptors (Lipinski definition) is 6. The lowest BCUT2D eigenvalue weighted by molar-refractivity contribution is -0.113. The molecule has 1 heterocycles. The lowest BCUT2D eigenvalue weighted by Crippen LogP contribution is -2.15. The van der Waals surface area contributed by atoms with E-state index in [9.17, 15) is 13.2 Å². The maximum absolute atomic E-state index is 12.7. The molecule has 0 aliphatic heterocycles. The summed E-state index contributed by atoms with van der Waals surface area (Å²) >= 11 is 7.04. The molecular formula is C20H21ClN4O3S2. The fraction of sp³-hybridized carbons (Fsp3) is 0.250.